The van der Waals surface area contributed by atoms with E-state index in [-0.39, 0.29) is 5.69 Å². The third kappa shape index (κ3) is 2.85. The van der Waals surface area contributed by atoms with Crippen molar-refractivity contribution in [2.45, 2.75) is 19.4 Å². The Hall–Kier alpha value is -2.21. The van der Waals surface area contributed by atoms with Gasteiger partial charge in [-0.2, -0.15) is 0 Å². The number of anilines is 1. The molecule has 1 N–H and O–H groups in total. The SMILES string of the molecule is CN(CC(C)(C)O)c1ccc([N+](=O)[O-])c2cnccc12. The summed E-state index contributed by atoms with van der Waals surface area (Å²) >= 11 is 0. The number of aliphatic hydroxyl groups is 1. The Kier molecular flexibility index (Phi) is 3.59. The van der Waals surface area contributed by atoms with Crippen LogP contribution in [0.25, 0.3) is 10.8 Å². The maximum Gasteiger partial charge on any atom is 0.278 e. The molecule has 0 fully saturated rings. The second kappa shape index (κ2) is 5.05. The minimum atomic E-state index is -0.851. The molecule has 2 rings (SSSR count). The van der Waals surface area contributed by atoms with Crippen molar-refractivity contribution in [1.82, 2.24) is 4.98 Å². The van der Waals surface area contributed by atoms with Crippen LogP contribution in [-0.2, 0) is 0 Å². The molecule has 0 saturated carbocycles. The molecule has 0 atom stereocenters. The minimum absolute atomic E-state index is 0.0357. The molecule has 0 aliphatic carbocycles. The molecule has 0 amide bonds. The highest BCUT2D eigenvalue weighted by atomic mass is 16.6. The summed E-state index contributed by atoms with van der Waals surface area (Å²) in [7, 11) is 1.85. The van der Waals surface area contributed by atoms with Crippen molar-refractivity contribution in [3.63, 3.8) is 0 Å². The van der Waals surface area contributed by atoms with E-state index in [1.807, 2.05) is 11.9 Å². The van der Waals surface area contributed by atoms with Crippen molar-refractivity contribution < 1.29 is 10.0 Å². The Balaban J connectivity index is 2.56. The smallest absolute Gasteiger partial charge is 0.278 e. The maximum absolute atomic E-state index is 11.0. The van der Waals surface area contributed by atoms with Crippen molar-refractivity contribution in [2.24, 2.45) is 0 Å². The lowest BCUT2D eigenvalue weighted by atomic mass is 10.1. The van der Waals surface area contributed by atoms with Crippen LogP contribution in [0.5, 0.6) is 0 Å². The van der Waals surface area contributed by atoms with Gasteiger partial charge in [-0.15, -0.1) is 0 Å². The van der Waals surface area contributed by atoms with Gasteiger partial charge in [0.15, 0.2) is 0 Å². The van der Waals surface area contributed by atoms with Gasteiger partial charge in [-0.05, 0) is 26.0 Å². The second-order valence-corrected chi connectivity index (χ2v) is 5.45. The van der Waals surface area contributed by atoms with Gasteiger partial charge in [0.25, 0.3) is 5.69 Å². The van der Waals surface area contributed by atoms with E-state index in [1.165, 1.54) is 12.3 Å². The molecule has 0 aliphatic heterocycles. The maximum atomic E-state index is 11.0. The predicted octanol–water partition coefficient (Wildman–Crippen LogP) is 2.35. The standard InChI is InChI=1S/C14H17N3O3/c1-14(2,18)9-16(3)12-4-5-13(17(19)20)11-8-15-7-6-10(11)12/h4-8,18H,9H2,1-3H3. The van der Waals surface area contributed by atoms with Crippen molar-refractivity contribution in [3.8, 4) is 0 Å². The number of rotatable bonds is 4. The van der Waals surface area contributed by atoms with Crippen LogP contribution < -0.4 is 4.90 Å². The highest BCUT2D eigenvalue weighted by molar-refractivity contribution is 5.99. The molecule has 106 valence electrons. The molecule has 1 heterocycles. The number of fused-ring (bicyclic) bond motifs is 1. The van der Waals surface area contributed by atoms with Gasteiger partial charge in [-0.3, -0.25) is 15.1 Å². The van der Waals surface area contributed by atoms with Crippen LogP contribution in [0.3, 0.4) is 0 Å². The Morgan fingerprint density at radius 3 is 2.65 bits per heavy atom. The van der Waals surface area contributed by atoms with Crippen LogP contribution in [0, 0.1) is 10.1 Å². The van der Waals surface area contributed by atoms with Crippen molar-refractivity contribution in [2.75, 3.05) is 18.5 Å². The van der Waals surface area contributed by atoms with E-state index in [9.17, 15) is 15.2 Å². The largest absolute Gasteiger partial charge is 0.389 e. The zero-order chi connectivity index (χ0) is 14.9. The average molecular weight is 275 g/mol. The van der Waals surface area contributed by atoms with Gasteiger partial charge in [0.05, 0.1) is 15.9 Å². The monoisotopic (exact) mass is 275 g/mol. The zero-order valence-corrected chi connectivity index (χ0v) is 11.7. The molecule has 1 aromatic heterocycles. The Morgan fingerprint density at radius 1 is 1.35 bits per heavy atom. The molecular weight excluding hydrogens is 258 g/mol. The van der Waals surface area contributed by atoms with E-state index in [0.717, 1.165) is 11.1 Å². The molecule has 0 saturated heterocycles. The highest BCUT2D eigenvalue weighted by Gasteiger charge is 2.20. The normalized spacial score (nSPS) is 11.6. The summed E-state index contributed by atoms with van der Waals surface area (Å²) in [6, 6.07) is 4.92. The van der Waals surface area contributed by atoms with Gasteiger partial charge in [0, 0.05) is 43.1 Å². The first kappa shape index (κ1) is 14.2. The van der Waals surface area contributed by atoms with Gasteiger partial charge < -0.3 is 10.0 Å². The zero-order valence-electron chi connectivity index (χ0n) is 11.7. The molecule has 0 unspecified atom stereocenters. The fourth-order valence-electron chi connectivity index (χ4n) is 2.32. The number of hydrogen-bond acceptors (Lipinski definition) is 5. The molecule has 0 spiro atoms. The average Bonchev–Trinajstić information content (AvgIpc) is 2.35. The fraction of sp³-hybridized carbons (Fsp3) is 0.357. The number of benzene rings is 1. The van der Waals surface area contributed by atoms with Gasteiger partial charge in [-0.1, -0.05) is 0 Å². The lowest BCUT2D eigenvalue weighted by Gasteiger charge is -2.28. The minimum Gasteiger partial charge on any atom is -0.389 e. The van der Waals surface area contributed by atoms with E-state index in [0.29, 0.717) is 11.9 Å². The van der Waals surface area contributed by atoms with Crippen LogP contribution in [0.1, 0.15) is 13.8 Å². The van der Waals surface area contributed by atoms with E-state index in [1.54, 1.807) is 32.2 Å². The first-order chi connectivity index (χ1) is 9.29. The number of nitro groups is 1. The quantitative estimate of drug-likeness (QED) is 0.684. The summed E-state index contributed by atoms with van der Waals surface area (Å²) in [5.74, 6) is 0. The van der Waals surface area contributed by atoms with Crippen LogP contribution in [0.2, 0.25) is 0 Å². The first-order valence-electron chi connectivity index (χ1n) is 6.24. The molecule has 6 heteroatoms. The number of non-ortho nitro benzene ring substituents is 1. The van der Waals surface area contributed by atoms with Crippen LogP contribution in [0.4, 0.5) is 11.4 Å². The molecular formula is C14H17N3O3. The van der Waals surface area contributed by atoms with Gasteiger partial charge in [-0.25, -0.2) is 0 Å². The summed E-state index contributed by atoms with van der Waals surface area (Å²) < 4.78 is 0. The van der Waals surface area contributed by atoms with Gasteiger partial charge in [0.2, 0.25) is 0 Å². The third-order valence-electron chi connectivity index (χ3n) is 3.00. The van der Waals surface area contributed by atoms with Crippen molar-refractivity contribution >= 4 is 22.1 Å². The lowest BCUT2D eigenvalue weighted by Crippen LogP contribution is -2.36. The fourth-order valence-corrected chi connectivity index (χ4v) is 2.32. The van der Waals surface area contributed by atoms with E-state index in [4.69, 9.17) is 0 Å². The Morgan fingerprint density at radius 2 is 2.05 bits per heavy atom. The van der Waals surface area contributed by atoms with E-state index in [2.05, 4.69) is 4.98 Å². The number of hydrogen-bond donors (Lipinski definition) is 1. The molecule has 0 bridgehead atoms. The lowest BCUT2D eigenvalue weighted by molar-refractivity contribution is -0.383. The Bertz CT molecular complexity index is 650. The number of likely N-dealkylation sites (N-methyl/N-ethyl adjacent to an activating group) is 1. The second-order valence-electron chi connectivity index (χ2n) is 5.45. The predicted molar refractivity (Wildman–Crippen MR) is 78.0 cm³/mol. The molecule has 0 aliphatic rings. The summed E-state index contributed by atoms with van der Waals surface area (Å²) in [6.07, 6.45) is 3.10. The van der Waals surface area contributed by atoms with Gasteiger partial charge >= 0.3 is 0 Å². The summed E-state index contributed by atoms with van der Waals surface area (Å²) in [4.78, 5) is 16.5. The topological polar surface area (TPSA) is 79.5 Å². The molecule has 0 radical (unpaired) electrons. The summed E-state index contributed by atoms with van der Waals surface area (Å²) in [5, 5.41) is 22.2. The van der Waals surface area contributed by atoms with Crippen LogP contribution in [-0.4, -0.2) is 34.2 Å². The molecule has 20 heavy (non-hydrogen) atoms. The number of nitro benzene ring substituents is 1. The van der Waals surface area contributed by atoms with Gasteiger partial charge in [0.1, 0.15) is 0 Å². The summed E-state index contributed by atoms with van der Waals surface area (Å²) in [6.45, 7) is 3.86. The molecule has 1 aromatic carbocycles. The van der Waals surface area contributed by atoms with Crippen LogP contribution in [0.15, 0.2) is 30.6 Å². The first-order valence-corrected chi connectivity index (χ1v) is 6.24. The van der Waals surface area contributed by atoms with Crippen LogP contribution >= 0.6 is 0 Å². The number of aromatic nitrogens is 1. The van der Waals surface area contributed by atoms with E-state index >= 15 is 0 Å². The third-order valence-corrected chi connectivity index (χ3v) is 3.00. The Labute approximate surface area is 116 Å². The van der Waals surface area contributed by atoms with Crippen molar-refractivity contribution in [1.29, 1.82) is 0 Å². The van der Waals surface area contributed by atoms with Crippen molar-refractivity contribution in [3.05, 3.63) is 40.7 Å². The van der Waals surface area contributed by atoms with E-state index < -0.39 is 10.5 Å². The number of nitrogens with zero attached hydrogens (tertiary/aromatic N) is 3. The number of pyridine rings is 1. The summed E-state index contributed by atoms with van der Waals surface area (Å²) in [5.41, 5.74) is 0.0132. The molecule has 6 nitrogen and oxygen atoms in total. The molecule has 2 aromatic rings. The highest BCUT2D eigenvalue weighted by Crippen LogP contribution is 2.32.